The molecule has 4 aliphatic rings. The Labute approximate surface area is 259 Å². The van der Waals surface area contributed by atoms with Gasteiger partial charge in [-0.3, -0.25) is 28.9 Å². The first-order valence-corrected chi connectivity index (χ1v) is 15.2. The van der Waals surface area contributed by atoms with Crippen molar-refractivity contribution in [2.45, 2.75) is 30.6 Å². The Balaban J connectivity index is 1.45. The molecule has 7 rings (SSSR count). The van der Waals surface area contributed by atoms with Crippen LogP contribution in [0.1, 0.15) is 41.9 Å². The van der Waals surface area contributed by atoms with Gasteiger partial charge in [-0.15, -0.1) is 0 Å². The van der Waals surface area contributed by atoms with Crippen molar-refractivity contribution in [3.8, 4) is 5.75 Å². The molecule has 3 aliphatic carbocycles. The molecule has 0 radical (unpaired) electrons. The van der Waals surface area contributed by atoms with Gasteiger partial charge in [-0.25, -0.2) is 0 Å². The number of Topliss-reactive ketones (excluding diaryl/α,β-unsaturated/α-hetero) is 1. The summed E-state index contributed by atoms with van der Waals surface area (Å²) in [7, 11) is 0. The van der Waals surface area contributed by atoms with Gasteiger partial charge in [-0.05, 0) is 53.7 Å². The second-order valence-electron chi connectivity index (χ2n) is 12.4. The number of rotatable bonds is 6. The number of hydrogen-bond donors (Lipinski definition) is 2. The molecule has 0 bridgehead atoms. The van der Waals surface area contributed by atoms with Crippen LogP contribution in [0.15, 0.2) is 103 Å². The Morgan fingerprint density at radius 1 is 0.844 bits per heavy atom. The summed E-state index contributed by atoms with van der Waals surface area (Å²) < 4.78 is 0. The molecule has 3 aromatic rings. The summed E-state index contributed by atoms with van der Waals surface area (Å²) in [5.74, 6) is -5.76. The average Bonchev–Trinajstić information content (AvgIpc) is 3.30. The van der Waals surface area contributed by atoms with Gasteiger partial charge in [0.25, 0.3) is 0 Å². The van der Waals surface area contributed by atoms with Crippen molar-refractivity contribution >= 4 is 34.9 Å². The molecule has 45 heavy (non-hydrogen) atoms. The number of fused-ring (bicyclic) bond motifs is 4. The molecule has 6 unspecified atom stereocenters. The van der Waals surface area contributed by atoms with Crippen LogP contribution in [-0.2, 0) is 29.4 Å². The number of aliphatic carboxylic acids is 1. The molecular formula is C37H31NO7. The van der Waals surface area contributed by atoms with Crippen LogP contribution in [0, 0.1) is 23.7 Å². The number of amides is 2. The topological polar surface area (TPSA) is 129 Å². The van der Waals surface area contributed by atoms with E-state index in [1.807, 2.05) is 54.6 Å². The zero-order valence-corrected chi connectivity index (χ0v) is 24.3. The van der Waals surface area contributed by atoms with Crippen LogP contribution in [0.5, 0.6) is 5.75 Å². The Kier molecular flexibility index (Phi) is 6.88. The van der Waals surface area contributed by atoms with E-state index in [4.69, 9.17) is 0 Å². The molecule has 0 spiro atoms. The van der Waals surface area contributed by atoms with E-state index in [2.05, 4.69) is 0 Å². The highest BCUT2D eigenvalue weighted by atomic mass is 16.4. The third-order valence-electron chi connectivity index (χ3n) is 10.2. The summed E-state index contributed by atoms with van der Waals surface area (Å²) in [5, 5.41) is 19.4. The summed E-state index contributed by atoms with van der Waals surface area (Å²) >= 11 is 0. The monoisotopic (exact) mass is 601 g/mol. The first-order chi connectivity index (χ1) is 21.7. The molecule has 0 aromatic heterocycles. The summed E-state index contributed by atoms with van der Waals surface area (Å²) in [6, 6.07) is 25.0. The van der Waals surface area contributed by atoms with Crippen LogP contribution in [-0.4, -0.2) is 51.0 Å². The highest BCUT2D eigenvalue weighted by Gasteiger charge is 2.65. The molecule has 2 N–H and O–H groups in total. The van der Waals surface area contributed by atoms with Gasteiger partial charge in [0.15, 0.2) is 11.6 Å². The highest BCUT2D eigenvalue weighted by molar-refractivity contribution is 6.31. The molecular weight excluding hydrogens is 570 g/mol. The third kappa shape index (κ3) is 4.30. The molecule has 1 aliphatic heterocycles. The minimum Gasteiger partial charge on any atom is -0.508 e. The number of carbonyl (C=O) groups is 5. The van der Waals surface area contributed by atoms with Crippen molar-refractivity contribution in [3.05, 3.63) is 119 Å². The van der Waals surface area contributed by atoms with Gasteiger partial charge in [-0.2, -0.15) is 0 Å². The molecule has 8 heteroatoms. The fourth-order valence-corrected chi connectivity index (χ4v) is 8.41. The molecule has 6 atom stereocenters. The Hall–Kier alpha value is -5.11. The second kappa shape index (κ2) is 10.8. The number of aromatic hydroxyl groups is 1. The Bertz CT molecular complexity index is 1790. The lowest BCUT2D eigenvalue weighted by molar-refractivity contribution is -0.142. The molecule has 2 amide bonds. The first-order valence-electron chi connectivity index (χ1n) is 15.2. The van der Waals surface area contributed by atoms with E-state index < -0.39 is 52.8 Å². The van der Waals surface area contributed by atoms with Crippen molar-refractivity contribution in [1.29, 1.82) is 0 Å². The summed E-state index contributed by atoms with van der Waals surface area (Å²) in [5.41, 5.74) is 1.84. The van der Waals surface area contributed by atoms with Gasteiger partial charge in [0, 0.05) is 24.0 Å². The number of benzene rings is 3. The van der Waals surface area contributed by atoms with E-state index in [1.165, 1.54) is 6.08 Å². The maximum absolute atomic E-state index is 14.9. The zero-order chi connectivity index (χ0) is 31.5. The minimum absolute atomic E-state index is 0.0528. The lowest BCUT2D eigenvalue weighted by Crippen LogP contribution is -2.58. The molecule has 2 fully saturated rings. The summed E-state index contributed by atoms with van der Waals surface area (Å²) in [4.78, 5) is 69.4. The van der Waals surface area contributed by atoms with Crippen LogP contribution in [0.4, 0.5) is 0 Å². The quantitative estimate of drug-likeness (QED) is 0.310. The molecule has 226 valence electrons. The van der Waals surface area contributed by atoms with Crippen LogP contribution in [0.2, 0.25) is 0 Å². The standard InChI is InChI=1S/C37H31NO7/c39-24-13-11-22(12-14-24)33-25-15-16-26-32(36(45)38(35(26)44)18-17-31(41)42)28(25)19-29-34(43)27(21-7-3-1-4-8-21)20-30(40)37(29,33)23-9-5-2-6-10-23/h1-15,20,26,28-29,32-33,39H,16-19H2,(H,41,42). The molecule has 1 saturated heterocycles. The van der Waals surface area contributed by atoms with E-state index in [0.717, 1.165) is 10.5 Å². The van der Waals surface area contributed by atoms with Crippen molar-refractivity contribution in [2.75, 3.05) is 6.54 Å². The van der Waals surface area contributed by atoms with Gasteiger partial charge >= 0.3 is 5.97 Å². The first kappa shape index (κ1) is 28.6. The predicted octanol–water partition coefficient (Wildman–Crippen LogP) is 4.69. The number of carboxylic acid groups (broad SMARTS) is 1. The number of ketones is 2. The van der Waals surface area contributed by atoms with Crippen molar-refractivity contribution in [3.63, 3.8) is 0 Å². The fraction of sp³-hybridized carbons (Fsp3) is 0.270. The van der Waals surface area contributed by atoms with E-state index in [-0.39, 0.29) is 43.1 Å². The molecule has 1 saturated carbocycles. The third-order valence-corrected chi connectivity index (χ3v) is 10.2. The Morgan fingerprint density at radius 2 is 1.51 bits per heavy atom. The lowest BCUT2D eigenvalue weighted by Gasteiger charge is -2.55. The second-order valence-corrected chi connectivity index (χ2v) is 12.4. The normalized spacial score (nSPS) is 29.0. The number of phenols is 1. The molecule has 8 nitrogen and oxygen atoms in total. The fourth-order valence-electron chi connectivity index (χ4n) is 8.41. The predicted molar refractivity (Wildman–Crippen MR) is 164 cm³/mol. The smallest absolute Gasteiger partial charge is 0.305 e. The van der Waals surface area contributed by atoms with Crippen molar-refractivity contribution < 1.29 is 34.2 Å². The van der Waals surface area contributed by atoms with E-state index >= 15 is 0 Å². The molecule has 1 heterocycles. The van der Waals surface area contributed by atoms with E-state index in [1.54, 1.807) is 36.4 Å². The number of allylic oxidation sites excluding steroid dienone is 4. The minimum atomic E-state index is -1.34. The number of carboxylic acids is 1. The van der Waals surface area contributed by atoms with Gasteiger partial charge < -0.3 is 10.2 Å². The molecule has 3 aromatic carbocycles. The van der Waals surface area contributed by atoms with Crippen molar-refractivity contribution in [2.24, 2.45) is 23.7 Å². The number of hydrogen-bond acceptors (Lipinski definition) is 6. The van der Waals surface area contributed by atoms with Crippen LogP contribution in [0.25, 0.3) is 5.57 Å². The maximum atomic E-state index is 14.9. The number of nitrogens with zero attached hydrogens (tertiary/aromatic N) is 1. The van der Waals surface area contributed by atoms with E-state index in [0.29, 0.717) is 22.3 Å². The number of likely N-dealkylation sites (tertiary alicyclic amines) is 1. The zero-order valence-electron chi connectivity index (χ0n) is 24.3. The van der Waals surface area contributed by atoms with Crippen LogP contribution in [0.3, 0.4) is 0 Å². The number of phenolic OH excluding ortho intramolecular Hbond substituents is 1. The summed E-state index contributed by atoms with van der Waals surface area (Å²) in [6.07, 6.45) is 3.53. The van der Waals surface area contributed by atoms with E-state index in [9.17, 15) is 34.2 Å². The number of imide groups is 1. The maximum Gasteiger partial charge on any atom is 0.305 e. The van der Waals surface area contributed by atoms with Gasteiger partial charge in [0.05, 0.1) is 23.7 Å². The van der Waals surface area contributed by atoms with Crippen molar-refractivity contribution in [1.82, 2.24) is 4.90 Å². The average molecular weight is 602 g/mol. The highest BCUT2D eigenvalue weighted by Crippen LogP contribution is 2.63. The SMILES string of the molecule is O=C(O)CCN1C(=O)C2CC=C3C(CC4C(=O)C(c5ccccc5)=CC(=O)C4(c4ccccc4)C3c3ccc(O)cc3)C2C1=O. The lowest BCUT2D eigenvalue weighted by atomic mass is 9.44. The van der Waals surface area contributed by atoms with Gasteiger partial charge in [-0.1, -0.05) is 84.4 Å². The van der Waals surface area contributed by atoms with Gasteiger partial charge in [0.1, 0.15) is 5.75 Å². The summed E-state index contributed by atoms with van der Waals surface area (Å²) in [6.45, 7) is -0.209. The number of carbonyl (C=O) groups excluding carboxylic acids is 4. The largest absolute Gasteiger partial charge is 0.508 e. The van der Waals surface area contributed by atoms with Gasteiger partial charge in [0.2, 0.25) is 11.8 Å². The Morgan fingerprint density at radius 3 is 2.18 bits per heavy atom. The van der Waals surface area contributed by atoms with Crippen LogP contribution >= 0.6 is 0 Å². The van der Waals surface area contributed by atoms with Crippen LogP contribution < -0.4 is 0 Å².